The molecule has 0 fully saturated rings. The highest BCUT2D eigenvalue weighted by Gasteiger charge is 2.33. The van der Waals surface area contributed by atoms with E-state index >= 15 is 0 Å². The SMILES string of the molecule is CCCC(O)(CCC)c1c(Br)cnn1CCOC. The molecule has 1 N–H and O–H groups in total. The molecule has 1 aromatic heterocycles. The van der Waals surface area contributed by atoms with E-state index in [1.54, 1.807) is 13.3 Å². The van der Waals surface area contributed by atoms with Gasteiger partial charge in [-0.15, -0.1) is 0 Å². The van der Waals surface area contributed by atoms with Gasteiger partial charge in [-0.2, -0.15) is 5.10 Å². The Morgan fingerprint density at radius 3 is 2.50 bits per heavy atom. The average molecular weight is 319 g/mol. The van der Waals surface area contributed by atoms with Crippen molar-refractivity contribution in [2.75, 3.05) is 13.7 Å². The zero-order valence-corrected chi connectivity index (χ0v) is 13.0. The molecule has 0 bridgehead atoms. The highest BCUT2D eigenvalue weighted by molar-refractivity contribution is 9.10. The van der Waals surface area contributed by atoms with Crippen LogP contribution in [-0.4, -0.2) is 28.6 Å². The first kappa shape index (κ1) is 15.7. The second-order valence-corrected chi connectivity index (χ2v) is 5.44. The molecule has 5 heteroatoms. The van der Waals surface area contributed by atoms with Crippen LogP contribution in [0.3, 0.4) is 0 Å². The number of aliphatic hydroxyl groups is 1. The Balaban J connectivity index is 3.05. The molecule has 104 valence electrons. The predicted molar refractivity (Wildman–Crippen MR) is 75.5 cm³/mol. The van der Waals surface area contributed by atoms with Crippen molar-refractivity contribution in [1.82, 2.24) is 9.78 Å². The number of methoxy groups -OCH3 is 1. The van der Waals surface area contributed by atoms with Gasteiger partial charge in [-0.05, 0) is 28.8 Å². The summed E-state index contributed by atoms with van der Waals surface area (Å²) in [4.78, 5) is 0. The molecule has 0 aliphatic carbocycles. The molecule has 1 rings (SSSR count). The minimum atomic E-state index is -0.799. The van der Waals surface area contributed by atoms with Crippen molar-refractivity contribution in [3.8, 4) is 0 Å². The van der Waals surface area contributed by atoms with Crippen molar-refractivity contribution in [3.05, 3.63) is 16.4 Å². The van der Waals surface area contributed by atoms with E-state index in [2.05, 4.69) is 34.9 Å². The van der Waals surface area contributed by atoms with Crippen molar-refractivity contribution in [1.29, 1.82) is 0 Å². The maximum atomic E-state index is 10.9. The van der Waals surface area contributed by atoms with E-state index in [9.17, 15) is 5.11 Å². The zero-order chi connectivity index (χ0) is 13.6. The van der Waals surface area contributed by atoms with Gasteiger partial charge in [-0.1, -0.05) is 26.7 Å². The van der Waals surface area contributed by atoms with Gasteiger partial charge < -0.3 is 9.84 Å². The quantitative estimate of drug-likeness (QED) is 0.801. The summed E-state index contributed by atoms with van der Waals surface area (Å²) in [5, 5.41) is 15.2. The van der Waals surface area contributed by atoms with Gasteiger partial charge in [0.25, 0.3) is 0 Å². The van der Waals surface area contributed by atoms with Gasteiger partial charge in [-0.25, -0.2) is 0 Å². The lowest BCUT2D eigenvalue weighted by atomic mass is 9.89. The Hall–Kier alpha value is -0.390. The fourth-order valence-corrected chi connectivity index (χ4v) is 3.03. The molecular formula is C13H23BrN2O2. The minimum Gasteiger partial charge on any atom is -0.384 e. The van der Waals surface area contributed by atoms with Crippen LogP contribution in [-0.2, 0) is 16.9 Å². The lowest BCUT2D eigenvalue weighted by molar-refractivity contribution is 0.00642. The first-order chi connectivity index (χ1) is 8.59. The summed E-state index contributed by atoms with van der Waals surface area (Å²) in [6, 6.07) is 0. The fourth-order valence-electron chi connectivity index (χ4n) is 2.36. The standard InChI is InChI=1S/C13H23BrN2O2/c1-4-6-13(17,7-5-2)12-11(14)10-15-16(12)8-9-18-3/h10,17H,4-9H2,1-3H3. The lowest BCUT2D eigenvalue weighted by Gasteiger charge is -2.29. The smallest absolute Gasteiger partial charge is 0.107 e. The second-order valence-electron chi connectivity index (χ2n) is 4.59. The molecular weight excluding hydrogens is 296 g/mol. The van der Waals surface area contributed by atoms with E-state index in [1.807, 2.05) is 4.68 Å². The monoisotopic (exact) mass is 318 g/mol. The zero-order valence-electron chi connectivity index (χ0n) is 11.4. The number of rotatable bonds is 8. The van der Waals surface area contributed by atoms with Gasteiger partial charge in [0.15, 0.2) is 0 Å². The summed E-state index contributed by atoms with van der Waals surface area (Å²) in [5.41, 5.74) is 0.0790. The van der Waals surface area contributed by atoms with E-state index in [4.69, 9.17) is 4.74 Å². The van der Waals surface area contributed by atoms with Crippen molar-refractivity contribution in [2.45, 2.75) is 51.7 Å². The summed E-state index contributed by atoms with van der Waals surface area (Å²) >= 11 is 3.50. The van der Waals surface area contributed by atoms with Crippen LogP contribution < -0.4 is 0 Å². The molecule has 0 saturated heterocycles. The van der Waals surface area contributed by atoms with Gasteiger partial charge in [0.05, 0.1) is 29.5 Å². The molecule has 0 radical (unpaired) electrons. The number of nitrogens with zero attached hydrogens (tertiary/aromatic N) is 2. The highest BCUT2D eigenvalue weighted by Crippen LogP contribution is 2.36. The van der Waals surface area contributed by atoms with Crippen LogP contribution in [0.25, 0.3) is 0 Å². The first-order valence-corrected chi connectivity index (χ1v) is 7.31. The highest BCUT2D eigenvalue weighted by atomic mass is 79.9. The molecule has 0 spiro atoms. The third-order valence-electron chi connectivity index (χ3n) is 3.07. The van der Waals surface area contributed by atoms with Crippen LogP contribution in [0.2, 0.25) is 0 Å². The van der Waals surface area contributed by atoms with Crippen molar-refractivity contribution < 1.29 is 9.84 Å². The van der Waals surface area contributed by atoms with Crippen LogP contribution in [0, 0.1) is 0 Å². The molecule has 18 heavy (non-hydrogen) atoms. The Bertz CT molecular complexity index is 360. The van der Waals surface area contributed by atoms with Crippen LogP contribution in [0.4, 0.5) is 0 Å². The average Bonchev–Trinajstić information content (AvgIpc) is 2.69. The van der Waals surface area contributed by atoms with E-state index in [0.717, 1.165) is 35.8 Å². The Morgan fingerprint density at radius 2 is 2.00 bits per heavy atom. The molecule has 0 aliphatic rings. The normalized spacial score (nSPS) is 12.1. The van der Waals surface area contributed by atoms with Crippen LogP contribution >= 0.6 is 15.9 Å². The van der Waals surface area contributed by atoms with Gasteiger partial charge in [-0.3, -0.25) is 4.68 Å². The van der Waals surface area contributed by atoms with E-state index in [-0.39, 0.29) is 0 Å². The van der Waals surface area contributed by atoms with Crippen molar-refractivity contribution >= 4 is 15.9 Å². The summed E-state index contributed by atoms with van der Waals surface area (Å²) < 4.78 is 7.81. The third kappa shape index (κ3) is 3.56. The van der Waals surface area contributed by atoms with Crippen molar-refractivity contribution in [3.63, 3.8) is 0 Å². The molecule has 0 amide bonds. The minimum absolute atomic E-state index is 0.593. The van der Waals surface area contributed by atoms with E-state index in [0.29, 0.717) is 13.2 Å². The summed E-state index contributed by atoms with van der Waals surface area (Å²) in [6.45, 7) is 5.43. The van der Waals surface area contributed by atoms with E-state index < -0.39 is 5.60 Å². The molecule has 0 saturated carbocycles. The van der Waals surface area contributed by atoms with E-state index in [1.165, 1.54) is 0 Å². The number of aromatic nitrogens is 2. The second kappa shape index (κ2) is 7.26. The molecule has 1 heterocycles. The summed E-state index contributed by atoms with van der Waals surface area (Å²) in [6.07, 6.45) is 5.13. The van der Waals surface area contributed by atoms with Crippen LogP contribution in [0.15, 0.2) is 10.7 Å². The number of hydrogen-bond acceptors (Lipinski definition) is 3. The fraction of sp³-hybridized carbons (Fsp3) is 0.769. The topological polar surface area (TPSA) is 47.3 Å². The van der Waals surface area contributed by atoms with Gasteiger partial charge in [0.2, 0.25) is 0 Å². The van der Waals surface area contributed by atoms with Crippen LogP contribution in [0.1, 0.15) is 45.2 Å². The maximum absolute atomic E-state index is 10.9. The molecule has 4 nitrogen and oxygen atoms in total. The van der Waals surface area contributed by atoms with Crippen LogP contribution in [0.5, 0.6) is 0 Å². The first-order valence-electron chi connectivity index (χ1n) is 6.52. The Morgan fingerprint density at radius 1 is 1.39 bits per heavy atom. The van der Waals surface area contributed by atoms with Gasteiger partial charge in [0.1, 0.15) is 5.60 Å². The summed E-state index contributed by atoms with van der Waals surface area (Å²) in [5.74, 6) is 0. The third-order valence-corrected chi connectivity index (χ3v) is 3.65. The Kier molecular flexibility index (Phi) is 6.32. The molecule has 0 aromatic carbocycles. The number of halogens is 1. The molecule has 0 aliphatic heterocycles. The predicted octanol–water partition coefficient (Wildman–Crippen LogP) is 3.08. The lowest BCUT2D eigenvalue weighted by Crippen LogP contribution is -2.30. The van der Waals surface area contributed by atoms with Crippen molar-refractivity contribution in [2.24, 2.45) is 0 Å². The molecule has 1 aromatic rings. The Labute approximate surface area is 117 Å². The maximum Gasteiger partial charge on any atom is 0.107 e. The van der Waals surface area contributed by atoms with Gasteiger partial charge >= 0.3 is 0 Å². The molecule has 0 atom stereocenters. The number of ether oxygens (including phenoxy) is 1. The molecule has 0 unspecified atom stereocenters. The van der Waals surface area contributed by atoms with Gasteiger partial charge in [0, 0.05) is 7.11 Å². The summed E-state index contributed by atoms with van der Waals surface area (Å²) in [7, 11) is 1.67. The largest absolute Gasteiger partial charge is 0.384 e. The number of hydrogen-bond donors (Lipinski definition) is 1.